The number of ether oxygens (including phenoxy) is 2. The van der Waals surface area contributed by atoms with Gasteiger partial charge in [0.05, 0.1) is 36.0 Å². The van der Waals surface area contributed by atoms with E-state index in [9.17, 15) is 35.6 Å². The van der Waals surface area contributed by atoms with Crippen molar-refractivity contribution < 1.29 is 35.5 Å². The van der Waals surface area contributed by atoms with E-state index in [1.165, 1.54) is 10.5 Å². The zero-order chi connectivity index (χ0) is 41.7. The van der Waals surface area contributed by atoms with Crippen LogP contribution in [0.1, 0.15) is 51.4 Å². The third-order valence-corrected chi connectivity index (χ3v) is 13.0. The third-order valence-electron chi connectivity index (χ3n) is 10.8. The number of benzene rings is 2. The molecule has 0 unspecified atom stereocenters. The molecule has 59 heavy (non-hydrogen) atoms. The number of hydrogen-bond acceptors (Lipinski definition) is 11. The second-order valence-corrected chi connectivity index (χ2v) is 17.4. The van der Waals surface area contributed by atoms with E-state index in [2.05, 4.69) is 20.4 Å². The highest BCUT2D eigenvalue weighted by atomic mass is 35.5. The summed E-state index contributed by atoms with van der Waals surface area (Å²) in [6.07, 6.45) is 10.3. The van der Waals surface area contributed by atoms with Gasteiger partial charge in [0.25, 0.3) is 0 Å². The highest BCUT2D eigenvalue weighted by Gasteiger charge is 2.31. The van der Waals surface area contributed by atoms with Crippen LogP contribution in [0.25, 0.3) is 11.4 Å². The first kappa shape index (κ1) is 42.4. The van der Waals surface area contributed by atoms with E-state index in [4.69, 9.17) is 21.1 Å². The van der Waals surface area contributed by atoms with Gasteiger partial charge in [-0.1, -0.05) is 0 Å². The van der Waals surface area contributed by atoms with E-state index in [1.807, 2.05) is 4.90 Å². The van der Waals surface area contributed by atoms with Crippen molar-refractivity contribution in [2.24, 2.45) is 0 Å². The number of anilines is 2. The normalized spacial score (nSPS) is 18.2. The predicted octanol–water partition coefficient (Wildman–Crippen LogP) is 4.72. The molecule has 2 aliphatic heterocycles. The Morgan fingerprint density at radius 2 is 1.02 bits per heavy atom. The van der Waals surface area contributed by atoms with Gasteiger partial charge in [-0.05, 0) is 75.6 Å². The quantitative estimate of drug-likeness (QED) is 0.175. The molecule has 0 radical (unpaired) electrons. The number of alkyl halides is 1. The summed E-state index contributed by atoms with van der Waals surface area (Å²) in [7, 11) is -3.53. The van der Waals surface area contributed by atoms with E-state index >= 15 is 0 Å². The molecule has 1 N–H and O–H groups in total. The Labute approximate surface area is 343 Å². The summed E-state index contributed by atoms with van der Waals surface area (Å²) in [5, 5.41) is 11.1. The minimum atomic E-state index is -3.53. The number of aromatic nitrogens is 4. The first-order valence-corrected chi connectivity index (χ1v) is 21.8. The van der Waals surface area contributed by atoms with Crippen molar-refractivity contribution in [2.75, 3.05) is 67.4 Å². The largest absolute Gasteiger partial charge is 0.483 e. The highest BCUT2D eigenvalue weighted by molar-refractivity contribution is 7.90. The van der Waals surface area contributed by atoms with Crippen LogP contribution in [0.5, 0.6) is 11.5 Å². The van der Waals surface area contributed by atoms with Gasteiger partial charge in [-0.15, -0.1) is 11.6 Å². The van der Waals surface area contributed by atoms with Crippen molar-refractivity contribution in [1.82, 2.24) is 29.2 Å². The van der Waals surface area contributed by atoms with Gasteiger partial charge in [0, 0.05) is 64.5 Å². The van der Waals surface area contributed by atoms with Crippen molar-refractivity contribution >= 4 is 33.0 Å². The molecule has 0 bridgehead atoms. The highest BCUT2D eigenvalue weighted by Crippen LogP contribution is 2.32. The number of sulfonamides is 1. The number of piperazine rings is 2. The maximum absolute atomic E-state index is 13.7. The molecule has 4 fully saturated rings. The zero-order valence-corrected chi connectivity index (χ0v) is 33.7. The van der Waals surface area contributed by atoms with Gasteiger partial charge in [-0.3, -0.25) is 9.59 Å². The molecule has 0 amide bonds. The first-order valence-electron chi connectivity index (χ1n) is 19.7. The molecule has 4 aromatic rings. The van der Waals surface area contributed by atoms with Gasteiger partial charge in [0.15, 0.2) is 0 Å². The van der Waals surface area contributed by atoms with E-state index in [1.54, 1.807) is 6.20 Å². The Morgan fingerprint density at radius 1 is 0.627 bits per heavy atom. The summed E-state index contributed by atoms with van der Waals surface area (Å²) < 4.78 is 94.1. The fraction of sp³-hybridized carbons (Fsp3) is 0.487. The number of halogens is 5. The lowest BCUT2D eigenvalue weighted by Crippen LogP contribution is -2.49. The molecule has 0 spiro atoms. The molecular formula is C39H45ClF4N8O6S. The smallest absolute Gasteiger partial charge is 0.316 e. The van der Waals surface area contributed by atoms with Crippen LogP contribution in [-0.2, 0) is 10.0 Å². The molecule has 2 saturated carbocycles. The van der Waals surface area contributed by atoms with Crippen LogP contribution in [0, 0.1) is 23.3 Å². The summed E-state index contributed by atoms with van der Waals surface area (Å²) in [5.41, 5.74) is -0.0633. The van der Waals surface area contributed by atoms with E-state index in [-0.39, 0.29) is 48.2 Å². The lowest BCUT2D eigenvalue weighted by atomic mass is 10.2. The molecule has 4 aliphatic rings. The van der Waals surface area contributed by atoms with Gasteiger partial charge in [-0.25, -0.2) is 26.0 Å². The number of rotatable bonds is 10. The van der Waals surface area contributed by atoms with Gasteiger partial charge < -0.3 is 24.6 Å². The van der Waals surface area contributed by atoms with Gasteiger partial charge in [0.2, 0.25) is 21.5 Å². The lowest BCUT2D eigenvalue weighted by molar-refractivity contribution is 0.205. The van der Waals surface area contributed by atoms with Crippen molar-refractivity contribution in [3.05, 3.63) is 92.8 Å². The Morgan fingerprint density at radius 3 is 1.41 bits per heavy atom. The number of hydrogen-bond donors (Lipinski definition) is 1. The zero-order valence-electron chi connectivity index (χ0n) is 32.2. The van der Waals surface area contributed by atoms with Crippen LogP contribution in [0.3, 0.4) is 0 Å². The van der Waals surface area contributed by atoms with Crippen molar-refractivity contribution in [1.29, 1.82) is 0 Å². The molecule has 2 saturated heterocycles. The van der Waals surface area contributed by atoms with Crippen molar-refractivity contribution in [3.63, 3.8) is 0 Å². The van der Waals surface area contributed by atoms with Crippen LogP contribution in [0.2, 0.25) is 0 Å². The minimum Gasteiger partial charge on any atom is -0.483 e. The molecule has 14 nitrogen and oxygen atoms in total. The lowest BCUT2D eigenvalue weighted by Gasteiger charge is -2.35. The Hall–Kier alpha value is -4.72. The molecule has 2 aromatic heterocycles. The maximum atomic E-state index is 13.7. The predicted molar refractivity (Wildman–Crippen MR) is 214 cm³/mol. The average Bonchev–Trinajstić information content (AvgIpc) is 3.94. The van der Waals surface area contributed by atoms with Crippen LogP contribution < -0.4 is 35.7 Å². The second-order valence-electron chi connectivity index (χ2n) is 14.8. The molecule has 2 aliphatic carbocycles. The summed E-state index contributed by atoms with van der Waals surface area (Å²) in [5.74, 6) is -2.92. The molecule has 4 heterocycles. The number of nitrogens with one attached hydrogen (secondary N) is 1. The van der Waals surface area contributed by atoms with Crippen LogP contribution in [0.4, 0.5) is 28.9 Å². The van der Waals surface area contributed by atoms with Crippen LogP contribution in [0.15, 0.2) is 58.4 Å². The van der Waals surface area contributed by atoms with Gasteiger partial charge in [-0.2, -0.15) is 23.9 Å². The third kappa shape index (κ3) is 10.0. The summed E-state index contributed by atoms with van der Waals surface area (Å²) >= 11 is 5.55. The SMILES string of the molecule is O=c1c(OC2CCCC2)c(N2CCN(S(=O)(=O)CCl)CC2)cnn1-c1cc(F)cc(F)c1.O=c1c(OC2CCCC2)c(N2CCNCC2)cnn1-c1cc(F)cc(F)c1. The van der Waals surface area contributed by atoms with Crippen molar-refractivity contribution in [2.45, 2.75) is 63.6 Å². The topological polar surface area (TPSA) is 144 Å². The fourth-order valence-corrected chi connectivity index (χ4v) is 9.02. The van der Waals surface area contributed by atoms with Crippen molar-refractivity contribution in [3.8, 4) is 22.9 Å². The van der Waals surface area contributed by atoms with Crippen LogP contribution >= 0.6 is 11.6 Å². The Kier molecular flexibility index (Phi) is 13.4. The fourth-order valence-electron chi connectivity index (χ4n) is 7.75. The van der Waals surface area contributed by atoms with Gasteiger partial charge >= 0.3 is 11.1 Å². The molecule has 8 rings (SSSR count). The van der Waals surface area contributed by atoms with Crippen LogP contribution in [-0.4, -0.2) is 102 Å². The van der Waals surface area contributed by atoms with E-state index in [0.29, 0.717) is 30.5 Å². The maximum Gasteiger partial charge on any atom is 0.316 e. The first-order chi connectivity index (χ1) is 28.4. The van der Waals surface area contributed by atoms with E-state index in [0.717, 1.165) is 117 Å². The second kappa shape index (κ2) is 18.7. The number of nitrogens with zero attached hydrogens (tertiary/aromatic N) is 7. The molecular weight excluding hydrogens is 820 g/mol. The summed E-state index contributed by atoms with van der Waals surface area (Å²) in [4.78, 5) is 30.3. The monoisotopic (exact) mass is 864 g/mol. The summed E-state index contributed by atoms with van der Waals surface area (Å²) in [6, 6.07) is 5.69. The molecule has 0 atom stereocenters. The van der Waals surface area contributed by atoms with E-state index < -0.39 is 49.6 Å². The Balaban J connectivity index is 0.000000181. The molecule has 318 valence electrons. The summed E-state index contributed by atoms with van der Waals surface area (Å²) in [6.45, 7) is 4.13. The Bertz CT molecular complexity index is 2310. The minimum absolute atomic E-state index is 0.0144. The average molecular weight is 865 g/mol. The van der Waals surface area contributed by atoms with Gasteiger partial charge in [0.1, 0.15) is 39.9 Å². The molecule has 20 heteroatoms. The molecule has 2 aromatic carbocycles. The standard InChI is InChI=1S/C20H23ClF2N4O4S.C19H22F2N4O2/c21-13-32(29,30)26-7-5-25(6-8-26)18-12-24-27(16-10-14(22)9-15(23)11-16)20(28)19(18)31-17-3-1-2-4-17;20-13-9-14(21)11-15(10-13)25-19(26)18(27-16-3-1-2-4-16)17(12-23-25)24-7-5-22-6-8-24/h9-12,17H,1-8,13H2;9-12,16,22H,1-8H2.